The molecule has 102 valence electrons. The van der Waals surface area contributed by atoms with Crippen LogP contribution in [0.1, 0.15) is 12.5 Å². The number of aromatic nitrogens is 2. The monoisotopic (exact) mass is 332 g/mol. The van der Waals surface area contributed by atoms with E-state index in [-0.39, 0.29) is 5.56 Å². The molecular weight excluding hydrogens is 320 g/mol. The highest BCUT2D eigenvalue weighted by Gasteiger charge is 2.01. The van der Waals surface area contributed by atoms with Crippen LogP contribution in [-0.2, 0) is 0 Å². The number of allylic oxidation sites excluding steroid dienone is 1. The summed E-state index contributed by atoms with van der Waals surface area (Å²) in [7, 11) is 0. The molecule has 1 heterocycles. The Bertz CT molecular complexity index is 692. The standard InChI is InChI=1S/C14H13BrN4O/c1-10(7-11-5-3-2-4-6-11)8-16-18-12-9-17-19-14(20)13(12)15/h2-9H,1H3,(H2,18,19,20). The molecule has 0 aliphatic heterocycles. The van der Waals surface area contributed by atoms with E-state index in [0.29, 0.717) is 10.2 Å². The van der Waals surface area contributed by atoms with Crippen molar-refractivity contribution < 1.29 is 0 Å². The van der Waals surface area contributed by atoms with E-state index in [4.69, 9.17) is 0 Å². The lowest BCUT2D eigenvalue weighted by atomic mass is 10.1. The smallest absolute Gasteiger partial charge is 0.276 e. The lowest BCUT2D eigenvalue weighted by molar-refractivity contribution is 0.977. The Hall–Kier alpha value is -2.21. The highest BCUT2D eigenvalue weighted by molar-refractivity contribution is 9.10. The summed E-state index contributed by atoms with van der Waals surface area (Å²) < 4.78 is 0.370. The molecular formula is C14H13BrN4O. The van der Waals surface area contributed by atoms with Crippen LogP contribution >= 0.6 is 15.9 Å². The zero-order valence-electron chi connectivity index (χ0n) is 10.8. The molecule has 6 heteroatoms. The van der Waals surface area contributed by atoms with E-state index in [0.717, 1.165) is 11.1 Å². The number of hydrogen-bond acceptors (Lipinski definition) is 4. The number of nitrogens with zero attached hydrogens (tertiary/aromatic N) is 2. The minimum absolute atomic E-state index is 0.304. The van der Waals surface area contributed by atoms with Crippen molar-refractivity contribution >= 4 is 33.9 Å². The van der Waals surface area contributed by atoms with Crippen LogP contribution in [0.25, 0.3) is 6.08 Å². The Morgan fingerprint density at radius 3 is 2.90 bits per heavy atom. The van der Waals surface area contributed by atoms with Gasteiger partial charge < -0.3 is 0 Å². The summed E-state index contributed by atoms with van der Waals surface area (Å²) in [5, 5.41) is 10.1. The highest BCUT2D eigenvalue weighted by atomic mass is 79.9. The number of nitrogens with one attached hydrogen (secondary N) is 2. The lowest BCUT2D eigenvalue weighted by Crippen LogP contribution is -2.10. The first-order valence-electron chi connectivity index (χ1n) is 5.92. The SMILES string of the molecule is CC(C=NNc1cn[nH]c(=O)c1Br)=Cc1ccccc1. The molecule has 0 fully saturated rings. The van der Waals surface area contributed by atoms with E-state index < -0.39 is 0 Å². The molecule has 0 aliphatic rings. The van der Waals surface area contributed by atoms with E-state index in [1.54, 1.807) is 6.21 Å². The Kier molecular flexibility index (Phi) is 4.84. The molecule has 0 amide bonds. The molecule has 2 N–H and O–H groups in total. The molecule has 2 rings (SSSR count). The largest absolute Gasteiger partial charge is 0.280 e. The maximum absolute atomic E-state index is 11.3. The highest BCUT2D eigenvalue weighted by Crippen LogP contribution is 2.14. The number of H-pyrrole nitrogens is 1. The van der Waals surface area contributed by atoms with Crippen molar-refractivity contribution in [3.63, 3.8) is 0 Å². The number of rotatable bonds is 4. The Morgan fingerprint density at radius 1 is 1.40 bits per heavy atom. The van der Waals surface area contributed by atoms with Gasteiger partial charge in [-0.1, -0.05) is 36.4 Å². The zero-order chi connectivity index (χ0) is 14.4. The van der Waals surface area contributed by atoms with Gasteiger partial charge >= 0.3 is 0 Å². The summed E-state index contributed by atoms with van der Waals surface area (Å²) in [6.45, 7) is 1.95. The van der Waals surface area contributed by atoms with Gasteiger partial charge in [0.15, 0.2) is 0 Å². The summed E-state index contributed by atoms with van der Waals surface area (Å²) in [5.41, 5.74) is 5.07. The minimum atomic E-state index is -0.304. The fourth-order valence-electron chi connectivity index (χ4n) is 1.51. The molecule has 1 aromatic heterocycles. The van der Waals surface area contributed by atoms with Gasteiger partial charge in [0.2, 0.25) is 0 Å². The predicted octanol–water partition coefficient (Wildman–Crippen LogP) is 3.03. The predicted molar refractivity (Wildman–Crippen MR) is 84.8 cm³/mol. The van der Waals surface area contributed by atoms with Gasteiger partial charge in [-0.25, -0.2) is 5.10 Å². The van der Waals surface area contributed by atoms with Gasteiger partial charge in [0, 0.05) is 0 Å². The van der Waals surface area contributed by atoms with E-state index in [9.17, 15) is 4.79 Å². The summed E-state index contributed by atoms with van der Waals surface area (Å²) in [6, 6.07) is 9.96. The molecule has 0 saturated heterocycles. The average molecular weight is 333 g/mol. The van der Waals surface area contributed by atoms with Gasteiger partial charge in [-0.2, -0.15) is 10.2 Å². The van der Waals surface area contributed by atoms with Gasteiger partial charge in [0.05, 0.1) is 18.1 Å². The van der Waals surface area contributed by atoms with E-state index in [1.165, 1.54) is 6.20 Å². The van der Waals surface area contributed by atoms with Crippen LogP contribution in [0.2, 0.25) is 0 Å². The zero-order valence-corrected chi connectivity index (χ0v) is 12.4. The third kappa shape index (κ3) is 3.89. The number of hydrogen-bond donors (Lipinski definition) is 2. The first-order chi connectivity index (χ1) is 9.66. The first-order valence-corrected chi connectivity index (χ1v) is 6.72. The number of halogens is 1. The second-order valence-corrected chi connectivity index (χ2v) is 4.89. The first kappa shape index (κ1) is 14.2. The lowest BCUT2D eigenvalue weighted by Gasteiger charge is -2.00. The van der Waals surface area contributed by atoms with E-state index in [1.807, 2.05) is 43.3 Å². The maximum Gasteiger partial charge on any atom is 0.280 e. The molecule has 0 saturated carbocycles. The molecule has 0 aliphatic carbocycles. The van der Waals surface area contributed by atoms with Crippen LogP contribution in [0.15, 0.2) is 56.5 Å². The summed E-state index contributed by atoms with van der Waals surface area (Å²) >= 11 is 3.17. The second-order valence-electron chi connectivity index (χ2n) is 4.10. The third-order valence-electron chi connectivity index (χ3n) is 2.44. The molecule has 0 bridgehead atoms. The normalized spacial score (nSPS) is 11.8. The van der Waals surface area contributed by atoms with Gasteiger partial charge in [-0.3, -0.25) is 10.2 Å². The Labute approximate surface area is 124 Å². The van der Waals surface area contributed by atoms with Gasteiger partial charge in [-0.15, -0.1) is 0 Å². The fourth-order valence-corrected chi connectivity index (χ4v) is 1.79. The van der Waals surface area contributed by atoms with E-state index in [2.05, 4.69) is 36.7 Å². The van der Waals surface area contributed by atoms with Crippen LogP contribution in [0.5, 0.6) is 0 Å². The quantitative estimate of drug-likeness (QED) is 0.667. The van der Waals surface area contributed by atoms with Crippen molar-refractivity contribution in [2.75, 3.05) is 5.43 Å². The van der Waals surface area contributed by atoms with Gasteiger partial charge in [0.1, 0.15) is 4.47 Å². The van der Waals surface area contributed by atoms with E-state index >= 15 is 0 Å². The number of hydrazone groups is 1. The van der Waals surface area contributed by atoms with Crippen molar-refractivity contribution in [2.24, 2.45) is 5.10 Å². The van der Waals surface area contributed by atoms with Crippen LogP contribution < -0.4 is 11.0 Å². The molecule has 0 unspecified atom stereocenters. The molecule has 1 aromatic carbocycles. The molecule has 5 nitrogen and oxygen atoms in total. The molecule has 20 heavy (non-hydrogen) atoms. The van der Waals surface area contributed by atoms with Crippen molar-refractivity contribution in [1.29, 1.82) is 0 Å². The second kappa shape index (κ2) is 6.81. The van der Waals surface area contributed by atoms with Crippen molar-refractivity contribution in [3.05, 3.63) is 62.5 Å². The number of aromatic amines is 1. The van der Waals surface area contributed by atoms with Crippen LogP contribution in [0.4, 0.5) is 5.69 Å². The molecule has 0 spiro atoms. The molecule has 2 aromatic rings. The minimum Gasteiger partial charge on any atom is -0.276 e. The van der Waals surface area contributed by atoms with Crippen LogP contribution in [0, 0.1) is 0 Å². The summed E-state index contributed by atoms with van der Waals surface area (Å²) in [4.78, 5) is 11.3. The van der Waals surface area contributed by atoms with Crippen LogP contribution in [-0.4, -0.2) is 16.4 Å². The van der Waals surface area contributed by atoms with Crippen LogP contribution in [0.3, 0.4) is 0 Å². The number of benzene rings is 1. The van der Waals surface area contributed by atoms with Gasteiger partial charge in [0.25, 0.3) is 5.56 Å². The Balaban J connectivity index is 2.05. The average Bonchev–Trinajstić information content (AvgIpc) is 2.44. The number of anilines is 1. The molecule has 0 atom stereocenters. The van der Waals surface area contributed by atoms with Crippen molar-refractivity contribution in [2.45, 2.75) is 6.92 Å². The fraction of sp³-hybridized carbons (Fsp3) is 0.0714. The van der Waals surface area contributed by atoms with Gasteiger partial charge in [-0.05, 0) is 34.0 Å². The summed E-state index contributed by atoms with van der Waals surface area (Å²) in [5.74, 6) is 0. The topological polar surface area (TPSA) is 70.1 Å². The summed E-state index contributed by atoms with van der Waals surface area (Å²) in [6.07, 6.45) is 5.18. The van der Waals surface area contributed by atoms with Crippen molar-refractivity contribution in [3.8, 4) is 0 Å². The third-order valence-corrected chi connectivity index (χ3v) is 3.23. The Morgan fingerprint density at radius 2 is 2.15 bits per heavy atom. The maximum atomic E-state index is 11.3. The molecule has 0 radical (unpaired) electrons. The van der Waals surface area contributed by atoms with Crippen molar-refractivity contribution in [1.82, 2.24) is 10.2 Å².